The zero-order valence-electron chi connectivity index (χ0n) is 12.6. The second-order valence-electron chi connectivity index (χ2n) is 5.32. The fraction of sp³-hybridized carbons (Fsp3) is 0.353. The molecular weight excluding hydrogens is 264 g/mol. The lowest BCUT2D eigenvalue weighted by Crippen LogP contribution is -2.08. The average Bonchev–Trinajstić information content (AvgIpc) is 3.09. The molecule has 0 amide bonds. The van der Waals surface area contributed by atoms with Crippen LogP contribution in [0.15, 0.2) is 34.7 Å². The maximum atomic E-state index is 10.6. The first-order valence-corrected chi connectivity index (χ1v) is 7.37. The standard InChI is InChI=1S/C17H20N2O2/c1-4-13-10-14(19(5-2)18-13)17(20)16-9-12-8-11(3)6-7-15(12)21-16/h6-10,17,20H,4-5H2,1-3H3. The van der Waals surface area contributed by atoms with Crippen LogP contribution < -0.4 is 0 Å². The number of aliphatic hydroxyl groups excluding tert-OH is 1. The van der Waals surface area contributed by atoms with Gasteiger partial charge in [-0.05, 0) is 44.5 Å². The van der Waals surface area contributed by atoms with Crippen molar-refractivity contribution >= 4 is 11.0 Å². The van der Waals surface area contributed by atoms with Crippen molar-refractivity contribution < 1.29 is 9.52 Å². The van der Waals surface area contributed by atoms with Crippen LogP contribution in [0.3, 0.4) is 0 Å². The minimum Gasteiger partial charge on any atom is -0.458 e. The molecule has 2 aromatic heterocycles. The summed E-state index contributed by atoms with van der Waals surface area (Å²) in [6.07, 6.45) is 0.0666. The number of aliphatic hydroxyl groups is 1. The van der Waals surface area contributed by atoms with Gasteiger partial charge in [0.25, 0.3) is 0 Å². The molecule has 1 N–H and O–H groups in total. The summed E-state index contributed by atoms with van der Waals surface area (Å²) in [6, 6.07) is 9.87. The summed E-state index contributed by atoms with van der Waals surface area (Å²) in [5, 5.41) is 16.1. The molecule has 21 heavy (non-hydrogen) atoms. The van der Waals surface area contributed by atoms with Gasteiger partial charge in [-0.15, -0.1) is 0 Å². The molecule has 0 aliphatic heterocycles. The van der Waals surface area contributed by atoms with Crippen LogP contribution in [-0.4, -0.2) is 14.9 Å². The number of hydrogen-bond acceptors (Lipinski definition) is 3. The first-order chi connectivity index (χ1) is 10.1. The second-order valence-corrected chi connectivity index (χ2v) is 5.32. The first kappa shape index (κ1) is 13.9. The van der Waals surface area contributed by atoms with Gasteiger partial charge in [0.1, 0.15) is 11.3 Å². The molecule has 1 aromatic carbocycles. The van der Waals surface area contributed by atoms with Gasteiger partial charge in [-0.3, -0.25) is 4.68 Å². The van der Waals surface area contributed by atoms with Crippen molar-refractivity contribution in [3.05, 3.63) is 53.0 Å². The fourth-order valence-corrected chi connectivity index (χ4v) is 2.60. The van der Waals surface area contributed by atoms with Crippen LogP contribution in [0.1, 0.15) is 42.7 Å². The van der Waals surface area contributed by atoms with Crippen LogP contribution in [0, 0.1) is 6.92 Å². The Balaban J connectivity index is 2.03. The Hall–Kier alpha value is -2.07. The monoisotopic (exact) mass is 284 g/mol. The summed E-state index contributed by atoms with van der Waals surface area (Å²) in [5.74, 6) is 0.563. The topological polar surface area (TPSA) is 51.2 Å². The predicted molar refractivity (Wildman–Crippen MR) is 82.3 cm³/mol. The summed E-state index contributed by atoms with van der Waals surface area (Å²) < 4.78 is 7.63. The van der Waals surface area contributed by atoms with Gasteiger partial charge in [0.2, 0.25) is 0 Å². The van der Waals surface area contributed by atoms with Crippen molar-refractivity contribution in [2.45, 2.75) is 39.8 Å². The normalized spacial score (nSPS) is 13.0. The quantitative estimate of drug-likeness (QED) is 0.796. The highest BCUT2D eigenvalue weighted by Gasteiger charge is 2.20. The summed E-state index contributed by atoms with van der Waals surface area (Å²) in [6.45, 7) is 6.85. The molecule has 3 aromatic rings. The van der Waals surface area contributed by atoms with E-state index in [1.54, 1.807) is 0 Å². The molecule has 0 saturated carbocycles. The van der Waals surface area contributed by atoms with Gasteiger partial charge in [-0.25, -0.2) is 0 Å². The molecule has 0 bridgehead atoms. The third kappa shape index (κ3) is 2.47. The van der Waals surface area contributed by atoms with Crippen molar-refractivity contribution in [2.75, 3.05) is 0 Å². The molecule has 0 radical (unpaired) electrons. The lowest BCUT2D eigenvalue weighted by atomic mass is 10.1. The van der Waals surface area contributed by atoms with Crippen molar-refractivity contribution in [3.63, 3.8) is 0 Å². The number of rotatable bonds is 4. The number of hydrogen-bond donors (Lipinski definition) is 1. The SMILES string of the molecule is CCc1cc(C(O)c2cc3cc(C)ccc3o2)n(CC)n1. The summed E-state index contributed by atoms with van der Waals surface area (Å²) in [7, 11) is 0. The van der Waals surface area contributed by atoms with Gasteiger partial charge in [0, 0.05) is 11.9 Å². The molecule has 4 heteroatoms. The second kappa shape index (κ2) is 5.37. The third-order valence-electron chi connectivity index (χ3n) is 3.76. The summed E-state index contributed by atoms with van der Waals surface area (Å²) in [5.41, 5.74) is 3.74. The van der Waals surface area contributed by atoms with Gasteiger partial charge >= 0.3 is 0 Å². The van der Waals surface area contributed by atoms with Gasteiger partial charge < -0.3 is 9.52 Å². The van der Waals surface area contributed by atoms with Crippen LogP contribution in [0.2, 0.25) is 0 Å². The van der Waals surface area contributed by atoms with E-state index in [4.69, 9.17) is 4.42 Å². The van der Waals surface area contributed by atoms with Crippen molar-refractivity contribution in [3.8, 4) is 0 Å². The number of furan rings is 1. The van der Waals surface area contributed by atoms with Gasteiger partial charge in [-0.1, -0.05) is 18.6 Å². The van der Waals surface area contributed by atoms with E-state index >= 15 is 0 Å². The van der Waals surface area contributed by atoms with Crippen LogP contribution in [0.4, 0.5) is 0 Å². The first-order valence-electron chi connectivity index (χ1n) is 7.37. The van der Waals surface area contributed by atoms with E-state index in [9.17, 15) is 5.11 Å². The summed E-state index contributed by atoms with van der Waals surface area (Å²) in [4.78, 5) is 0. The van der Waals surface area contributed by atoms with E-state index in [-0.39, 0.29) is 0 Å². The number of nitrogens with zero attached hydrogens (tertiary/aromatic N) is 2. The third-order valence-corrected chi connectivity index (χ3v) is 3.76. The highest BCUT2D eigenvalue weighted by atomic mass is 16.4. The van der Waals surface area contributed by atoms with Crippen LogP contribution in [-0.2, 0) is 13.0 Å². The highest BCUT2D eigenvalue weighted by molar-refractivity contribution is 5.78. The van der Waals surface area contributed by atoms with E-state index in [1.165, 1.54) is 5.56 Å². The zero-order valence-corrected chi connectivity index (χ0v) is 12.6. The molecular formula is C17H20N2O2. The predicted octanol–water partition coefficient (Wildman–Crippen LogP) is 3.60. The number of aromatic nitrogens is 2. The number of aryl methyl sites for hydroxylation is 3. The number of benzene rings is 1. The lowest BCUT2D eigenvalue weighted by Gasteiger charge is -2.09. The molecule has 0 spiro atoms. The molecule has 0 saturated heterocycles. The maximum Gasteiger partial charge on any atom is 0.153 e. The Labute approximate surface area is 124 Å². The molecule has 3 rings (SSSR count). The fourth-order valence-electron chi connectivity index (χ4n) is 2.60. The molecule has 0 fully saturated rings. The zero-order chi connectivity index (χ0) is 15.0. The average molecular weight is 284 g/mol. The van der Waals surface area contributed by atoms with Crippen molar-refractivity contribution in [1.82, 2.24) is 9.78 Å². The Morgan fingerprint density at radius 3 is 2.76 bits per heavy atom. The Kier molecular flexibility index (Phi) is 3.55. The summed E-state index contributed by atoms with van der Waals surface area (Å²) >= 11 is 0. The van der Waals surface area contributed by atoms with Gasteiger partial charge in [0.15, 0.2) is 6.10 Å². The molecule has 0 aliphatic rings. The smallest absolute Gasteiger partial charge is 0.153 e. The molecule has 0 aliphatic carbocycles. The molecule has 4 nitrogen and oxygen atoms in total. The molecule has 1 atom stereocenters. The van der Waals surface area contributed by atoms with Crippen LogP contribution in [0.5, 0.6) is 0 Å². The maximum absolute atomic E-state index is 10.6. The van der Waals surface area contributed by atoms with Gasteiger partial charge in [0.05, 0.1) is 11.4 Å². The minimum absolute atomic E-state index is 0.563. The minimum atomic E-state index is -0.787. The Bertz CT molecular complexity index is 770. The number of fused-ring (bicyclic) bond motifs is 1. The van der Waals surface area contributed by atoms with E-state index in [1.807, 2.05) is 42.8 Å². The van der Waals surface area contributed by atoms with Crippen molar-refractivity contribution in [2.24, 2.45) is 0 Å². The highest BCUT2D eigenvalue weighted by Crippen LogP contribution is 2.29. The Morgan fingerprint density at radius 1 is 1.24 bits per heavy atom. The lowest BCUT2D eigenvalue weighted by molar-refractivity contribution is 0.181. The Morgan fingerprint density at radius 2 is 2.05 bits per heavy atom. The van der Waals surface area contributed by atoms with Crippen molar-refractivity contribution in [1.29, 1.82) is 0 Å². The van der Waals surface area contributed by atoms with E-state index < -0.39 is 6.10 Å². The van der Waals surface area contributed by atoms with Crippen LogP contribution >= 0.6 is 0 Å². The molecule has 110 valence electrons. The van der Waals surface area contributed by atoms with Gasteiger partial charge in [-0.2, -0.15) is 5.10 Å². The molecule has 2 heterocycles. The molecule has 1 unspecified atom stereocenters. The largest absolute Gasteiger partial charge is 0.458 e. The van der Waals surface area contributed by atoms with E-state index in [2.05, 4.69) is 18.1 Å². The van der Waals surface area contributed by atoms with E-state index in [0.29, 0.717) is 5.76 Å². The van der Waals surface area contributed by atoms with E-state index in [0.717, 1.165) is 35.3 Å². The van der Waals surface area contributed by atoms with Crippen LogP contribution in [0.25, 0.3) is 11.0 Å².